The molecular weight excluding hydrogens is 400 g/mol. The molecule has 30 heavy (non-hydrogen) atoms. The van der Waals surface area contributed by atoms with Gasteiger partial charge in [0.25, 0.3) is 0 Å². The van der Waals surface area contributed by atoms with Crippen LogP contribution in [0.25, 0.3) is 0 Å². The highest BCUT2D eigenvalue weighted by Gasteiger charge is 2.17. The van der Waals surface area contributed by atoms with Crippen molar-refractivity contribution in [2.75, 3.05) is 11.9 Å². The molecular formula is C22H26N4O3S. The average molecular weight is 427 g/mol. The Hall–Kier alpha value is -2.97. The number of aromatic nitrogens is 2. The van der Waals surface area contributed by atoms with Gasteiger partial charge in [-0.2, -0.15) is 5.10 Å². The van der Waals surface area contributed by atoms with Gasteiger partial charge in [0.15, 0.2) is 0 Å². The largest absolute Gasteiger partial charge is 0.311 e. The fourth-order valence-corrected chi connectivity index (χ4v) is 4.46. The summed E-state index contributed by atoms with van der Waals surface area (Å²) in [5.74, 6) is 0.298. The van der Waals surface area contributed by atoms with E-state index in [2.05, 4.69) is 15.1 Å². The first-order valence-electron chi connectivity index (χ1n) is 9.70. The number of sulfonamides is 1. The van der Waals surface area contributed by atoms with Gasteiger partial charge in [0, 0.05) is 19.0 Å². The van der Waals surface area contributed by atoms with Crippen LogP contribution in [0.15, 0.2) is 59.5 Å². The molecule has 0 bridgehead atoms. The second kappa shape index (κ2) is 9.23. The first-order valence-corrected chi connectivity index (χ1v) is 11.2. The van der Waals surface area contributed by atoms with E-state index < -0.39 is 10.0 Å². The maximum Gasteiger partial charge on any atom is 0.240 e. The van der Waals surface area contributed by atoms with Crippen LogP contribution in [0.1, 0.15) is 28.8 Å². The molecule has 0 aliphatic carbocycles. The SMILES string of the molecule is Cc1ccc(C)c(S(=O)(=O)NCCC(=O)Nc2cc(C)nn2Cc2ccccc2)c1. The van der Waals surface area contributed by atoms with Crippen molar-refractivity contribution in [2.24, 2.45) is 0 Å². The van der Waals surface area contributed by atoms with Crippen molar-refractivity contribution < 1.29 is 13.2 Å². The molecule has 0 radical (unpaired) electrons. The maximum atomic E-state index is 12.5. The summed E-state index contributed by atoms with van der Waals surface area (Å²) in [6, 6.07) is 16.9. The summed E-state index contributed by atoms with van der Waals surface area (Å²) in [4.78, 5) is 12.6. The lowest BCUT2D eigenvalue weighted by Gasteiger charge is -2.11. The predicted molar refractivity (Wildman–Crippen MR) is 117 cm³/mol. The lowest BCUT2D eigenvalue weighted by atomic mass is 10.2. The zero-order valence-corrected chi connectivity index (χ0v) is 18.2. The summed E-state index contributed by atoms with van der Waals surface area (Å²) in [5.41, 5.74) is 3.38. The van der Waals surface area contributed by atoms with Gasteiger partial charge in [0.05, 0.1) is 17.1 Å². The molecule has 0 aliphatic rings. The third-order valence-corrected chi connectivity index (χ3v) is 6.23. The fraction of sp³-hybridized carbons (Fsp3) is 0.273. The third-order valence-electron chi connectivity index (χ3n) is 4.62. The second-order valence-electron chi connectivity index (χ2n) is 7.28. The predicted octanol–water partition coefficient (Wildman–Crippen LogP) is 3.16. The first kappa shape index (κ1) is 21.7. The number of carbonyl (C=O) groups excluding carboxylic acids is 1. The molecule has 0 spiro atoms. The number of hydrogen-bond donors (Lipinski definition) is 2. The Kier molecular flexibility index (Phi) is 6.69. The highest BCUT2D eigenvalue weighted by Crippen LogP contribution is 2.17. The summed E-state index contributed by atoms with van der Waals surface area (Å²) < 4.78 is 29.3. The monoisotopic (exact) mass is 426 g/mol. The van der Waals surface area contributed by atoms with Crippen molar-refractivity contribution >= 4 is 21.7 Å². The van der Waals surface area contributed by atoms with Gasteiger partial charge < -0.3 is 5.32 Å². The Morgan fingerprint density at radius 1 is 1.03 bits per heavy atom. The lowest BCUT2D eigenvalue weighted by Crippen LogP contribution is -2.28. The molecule has 1 amide bonds. The Morgan fingerprint density at radius 3 is 2.50 bits per heavy atom. The molecule has 0 unspecified atom stereocenters. The summed E-state index contributed by atoms with van der Waals surface area (Å²) in [5, 5.41) is 7.25. The molecule has 3 rings (SSSR count). The number of anilines is 1. The number of nitrogens with one attached hydrogen (secondary N) is 2. The van der Waals surface area contributed by atoms with Crippen LogP contribution in [-0.4, -0.2) is 30.7 Å². The van der Waals surface area contributed by atoms with E-state index in [1.54, 1.807) is 29.8 Å². The van der Waals surface area contributed by atoms with E-state index in [0.29, 0.717) is 17.9 Å². The Morgan fingerprint density at radius 2 is 1.77 bits per heavy atom. The van der Waals surface area contributed by atoms with E-state index in [9.17, 15) is 13.2 Å². The number of hydrogen-bond acceptors (Lipinski definition) is 4. The van der Waals surface area contributed by atoms with Crippen LogP contribution < -0.4 is 10.0 Å². The molecule has 2 N–H and O–H groups in total. The second-order valence-corrected chi connectivity index (χ2v) is 9.01. The van der Waals surface area contributed by atoms with E-state index in [-0.39, 0.29) is 23.8 Å². The molecule has 1 aromatic heterocycles. The topological polar surface area (TPSA) is 93.1 Å². The summed E-state index contributed by atoms with van der Waals surface area (Å²) in [6.45, 7) is 5.98. The van der Waals surface area contributed by atoms with E-state index in [0.717, 1.165) is 16.8 Å². The molecule has 0 saturated carbocycles. The quantitative estimate of drug-likeness (QED) is 0.579. The van der Waals surface area contributed by atoms with Gasteiger partial charge >= 0.3 is 0 Å². The zero-order valence-electron chi connectivity index (χ0n) is 17.3. The van der Waals surface area contributed by atoms with Crippen LogP contribution in [0.2, 0.25) is 0 Å². The van der Waals surface area contributed by atoms with Crippen LogP contribution in [0.4, 0.5) is 5.82 Å². The minimum atomic E-state index is -3.67. The standard InChI is InChI=1S/C22H26N4O3S/c1-16-9-10-17(2)20(13-16)30(28,29)23-12-11-22(27)24-21-14-18(3)25-26(21)15-19-7-5-4-6-8-19/h4-10,13-14,23H,11-12,15H2,1-3H3,(H,24,27). The molecule has 0 atom stereocenters. The fourth-order valence-electron chi connectivity index (χ4n) is 3.10. The maximum absolute atomic E-state index is 12.5. The van der Waals surface area contributed by atoms with Gasteiger partial charge in [-0.15, -0.1) is 0 Å². The minimum absolute atomic E-state index is 0.00729. The zero-order chi connectivity index (χ0) is 21.7. The van der Waals surface area contributed by atoms with Gasteiger partial charge in [-0.3, -0.25) is 4.79 Å². The van der Waals surface area contributed by atoms with E-state index in [1.165, 1.54) is 0 Å². The van der Waals surface area contributed by atoms with Crippen LogP contribution in [0, 0.1) is 20.8 Å². The Bertz CT molecular complexity index is 1140. The summed E-state index contributed by atoms with van der Waals surface area (Å²) in [7, 11) is -3.67. The normalized spacial score (nSPS) is 11.4. The number of carbonyl (C=O) groups is 1. The highest BCUT2D eigenvalue weighted by atomic mass is 32.2. The number of nitrogens with zero attached hydrogens (tertiary/aromatic N) is 2. The molecule has 0 saturated heterocycles. The average Bonchev–Trinajstić information content (AvgIpc) is 3.02. The molecule has 2 aromatic carbocycles. The number of benzene rings is 2. The van der Waals surface area contributed by atoms with Crippen LogP contribution in [-0.2, 0) is 21.4 Å². The van der Waals surface area contributed by atoms with Crippen LogP contribution in [0.3, 0.4) is 0 Å². The molecule has 3 aromatic rings. The van der Waals surface area contributed by atoms with E-state index in [1.807, 2.05) is 50.2 Å². The number of aryl methyl sites for hydroxylation is 3. The molecule has 8 heteroatoms. The van der Waals surface area contributed by atoms with Crippen LogP contribution in [0.5, 0.6) is 0 Å². The Labute approximate surface area is 177 Å². The van der Waals surface area contributed by atoms with Crippen molar-refractivity contribution in [1.82, 2.24) is 14.5 Å². The minimum Gasteiger partial charge on any atom is -0.311 e. The summed E-state index contributed by atoms with van der Waals surface area (Å²) >= 11 is 0. The molecule has 0 aliphatic heterocycles. The van der Waals surface area contributed by atoms with Crippen LogP contribution >= 0.6 is 0 Å². The van der Waals surface area contributed by atoms with Gasteiger partial charge in [0.1, 0.15) is 5.82 Å². The lowest BCUT2D eigenvalue weighted by molar-refractivity contribution is -0.116. The summed E-state index contributed by atoms with van der Waals surface area (Å²) in [6.07, 6.45) is 0.0135. The smallest absolute Gasteiger partial charge is 0.240 e. The molecule has 158 valence electrons. The number of rotatable bonds is 8. The molecule has 7 nitrogen and oxygen atoms in total. The first-order chi connectivity index (χ1) is 14.2. The van der Waals surface area contributed by atoms with E-state index >= 15 is 0 Å². The van der Waals surface area contributed by atoms with Crippen molar-refractivity contribution in [3.05, 3.63) is 77.0 Å². The highest BCUT2D eigenvalue weighted by molar-refractivity contribution is 7.89. The van der Waals surface area contributed by atoms with Gasteiger partial charge in [-0.1, -0.05) is 42.5 Å². The van der Waals surface area contributed by atoms with Gasteiger partial charge in [0.2, 0.25) is 15.9 Å². The number of amides is 1. The van der Waals surface area contributed by atoms with Crippen molar-refractivity contribution in [3.63, 3.8) is 0 Å². The Balaban J connectivity index is 1.59. The van der Waals surface area contributed by atoms with Crippen molar-refractivity contribution in [1.29, 1.82) is 0 Å². The van der Waals surface area contributed by atoms with Gasteiger partial charge in [-0.05, 0) is 43.5 Å². The third kappa shape index (κ3) is 5.55. The van der Waals surface area contributed by atoms with Gasteiger partial charge in [-0.25, -0.2) is 17.8 Å². The molecule has 0 fully saturated rings. The van der Waals surface area contributed by atoms with Crippen molar-refractivity contribution in [2.45, 2.75) is 38.6 Å². The van der Waals surface area contributed by atoms with Crippen molar-refractivity contribution in [3.8, 4) is 0 Å². The van der Waals surface area contributed by atoms with E-state index in [4.69, 9.17) is 0 Å². The molecule has 1 heterocycles.